The standard InChI is InChI=1S/C15H22ClN3O2/c1-3-19(4-2)9-10-21-15(20)12-5-7-13(8-6-12)18-14(17)11-16/h5-8H,3-4,9-11H2,1-2H3,(H2,17,18). The molecule has 1 rings (SSSR count). The van der Waals surface area contributed by atoms with Crippen molar-refractivity contribution in [3.8, 4) is 0 Å². The van der Waals surface area contributed by atoms with E-state index in [0.29, 0.717) is 23.7 Å². The number of nitrogens with zero attached hydrogens (tertiary/aromatic N) is 2. The number of hydrogen-bond acceptors (Lipinski definition) is 4. The van der Waals surface area contributed by atoms with Crippen LogP contribution < -0.4 is 5.73 Å². The molecule has 0 aliphatic rings. The van der Waals surface area contributed by atoms with Crippen molar-refractivity contribution in [2.75, 3.05) is 32.1 Å². The molecule has 0 amide bonds. The molecule has 21 heavy (non-hydrogen) atoms. The van der Waals surface area contributed by atoms with Gasteiger partial charge in [-0.05, 0) is 37.4 Å². The van der Waals surface area contributed by atoms with E-state index in [2.05, 4.69) is 23.7 Å². The van der Waals surface area contributed by atoms with Gasteiger partial charge in [0.15, 0.2) is 0 Å². The van der Waals surface area contributed by atoms with Gasteiger partial charge in [-0.2, -0.15) is 0 Å². The van der Waals surface area contributed by atoms with Crippen LogP contribution in [0.1, 0.15) is 24.2 Å². The van der Waals surface area contributed by atoms with Gasteiger partial charge in [-0.1, -0.05) is 13.8 Å². The smallest absolute Gasteiger partial charge is 0.338 e. The molecular weight excluding hydrogens is 290 g/mol. The van der Waals surface area contributed by atoms with Crippen LogP contribution in [0.3, 0.4) is 0 Å². The molecule has 0 spiro atoms. The SMILES string of the molecule is CCN(CC)CCOC(=O)c1ccc(N=C(N)CCl)cc1. The molecule has 5 nitrogen and oxygen atoms in total. The number of aliphatic imine (C=N–C) groups is 1. The Balaban J connectivity index is 2.52. The number of rotatable bonds is 8. The third-order valence-corrected chi connectivity index (χ3v) is 3.32. The summed E-state index contributed by atoms with van der Waals surface area (Å²) in [5, 5.41) is 0. The van der Waals surface area contributed by atoms with Gasteiger partial charge in [-0.25, -0.2) is 9.79 Å². The molecule has 0 fully saturated rings. The Hall–Kier alpha value is -1.59. The molecule has 0 aliphatic heterocycles. The quantitative estimate of drug-likeness (QED) is 0.346. The molecule has 6 heteroatoms. The number of carbonyl (C=O) groups excluding carboxylic acids is 1. The number of carbonyl (C=O) groups is 1. The van der Waals surface area contributed by atoms with E-state index in [0.717, 1.165) is 19.6 Å². The Bertz CT molecular complexity index is 470. The maximum Gasteiger partial charge on any atom is 0.338 e. The number of halogens is 1. The average molecular weight is 312 g/mol. The van der Waals surface area contributed by atoms with Crippen molar-refractivity contribution in [2.45, 2.75) is 13.8 Å². The minimum absolute atomic E-state index is 0.176. The van der Waals surface area contributed by atoms with Crippen LogP contribution >= 0.6 is 11.6 Å². The van der Waals surface area contributed by atoms with Crippen molar-refractivity contribution >= 4 is 29.1 Å². The second-order valence-corrected chi connectivity index (χ2v) is 4.71. The van der Waals surface area contributed by atoms with Gasteiger partial charge in [0.1, 0.15) is 12.4 Å². The summed E-state index contributed by atoms with van der Waals surface area (Å²) < 4.78 is 5.24. The Labute approximate surface area is 130 Å². The predicted molar refractivity (Wildman–Crippen MR) is 86.5 cm³/mol. The zero-order valence-electron chi connectivity index (χ0n) is 12.5. The third-order valence-electron chi connectivity index (χ3n) is 3.05. The molecule has 116 valence electrons. The summed E-state index contributed by atoms with van der Waals surface area (Å²) in [5.41, 5.74) is 6.70. The summed E-state index contributed by atoms with van der Waals surface area (Å²) in [4.78, 5) is 18.2. The zero-order chi connectivity index (χ0) is 15.7. The summed E-state index contributed by atoms with van der Waals surface area (Å²) in [6, 6.07) is 6.75. The molecule has 0 radical (unpaired) electrons. The summed E-state index contributed by atoms with van der Waals surface area (Å²) in [7, 11) is 0. The van der Waals surface area contributed by atoms with Crippen molar-refractivity contribution in [3.63, 3.8) is 0 Å². The molecule has 0 unspecified atom stereocenters. The van der Waals surface area contributed by atoms with E-state index < -0.39 is 0 Å². The summed E-state index contributed by atoms with van der Waals surface area (Å²) in [5.74, 6) is 0.184. The van der Waals surface area contributed by atoms with Crippen LogP contribution in [0.15, 0.2) is 29.3 Å². The Morgan fingerprint density at radius 2 is 1.90 bits per heavy atom. The fourth-order valence-electron chi connectivity index (χ4n) is 1.76. The summed E-state index contributed by atoms with van der Waals surface area (Å²) in [6.07, 6.45) is 0. The maximum atomic E-state index is 11.9. The number of ether oxygens (including phenoxy) is 1. The second-order valence-electron chi connectivity index (χ2n) is 4.45. The number of nitrogens with two attached hydrogens (primary N) is 1. The fraction of sp³-hybridized carbons (Fsp3) is 0.467. The molecule has 1 aromatic rings. The average Bonchev–Trinajstić information content (AvgIpc) is 2.52. The Morgan fingerprint density at radius 3 is 2.43 bits per heavy atom. The molecule has 2 N–H and O–H groups in total. The molecule has 0 saturated carbocycles. The largest absolute Gasteiger partial charge is 0.461 e. The van der Waals surface area contributed by atoms with Gasteiger partial charge >= 0.3 is 5.97 Å². The molecule has 0 bridgehead atoms. The first-order valence-corrected chi connectivity index (χ1v) is 7.52. The molecule has 0 atom stereocenters. The number of hydrogen-bond donors (Lipinski definition) is 1. The van der Waals surface area contributed by atoms with Gasteiger partial charge < -0.3 is 15.4 Å². The highest BCUT2D eigenvalue weighted by atomic mass is 35.5. The first-order valence-electron chi connectivity index (χ1n) is 6.99. The van der Waals surface area contributed by atoms with Crippen LogP contribution in [0.2, 0.25) is 0 Å². The van der Waals surface area contributed by atoms with Gasteiger partial charge in [0, 0.05) is 6.54 Å². The lowest BCUT2D eigenvalue weighted by molar-refractivity contribution is 0.0466. The van der Waals surface area contributed by atoms with E-state index in [1.807, 2.05) is 0 Å². The minimum atomic E-state index is -0.331. The lowest BCUT2D eigenvalue weighted by Crippen LogP contribution is -2.27. The first-order chi connectivity index (χ1) is 10.1. The van der Waals surface area contributed by atoms with Crippen molar-refractivity contribution in [1.29, 1.82) is 0 Å². The molecule has 0 saturated heterocycles. The molecule has 1 aromatic carbocycles. The van der Waals surface area contributed by atoms with Crippen molar-refractivity contribution in [1.82, 2.24) is 4.90 Å². The van der Waals surface area contributed by atoms with Crippen molar-refractivity contribution < 1.29 is 9.53 Å². The zero-order valence-corrected chi connectivity index (χ0v) is 13.3. The van der Waals surface area contributed by atoms with E-state index in [-0.39, 0.29) is 11.8 Å². The Morgan fingerprint density at radius 1 is 1.29 bits per heavy atom. The highest BCUT2D eigenvalue weighted by Gasteiger charge is 2.08. The van der Waals surface area contributed by atoms with E-state index in [9.17, 15) is 4.79 Å². The highest BCUT2D eigenvalue weighted by Crippen LogP contribution is 2.14. The second kappa shape index (κ2) is 9.37. The summed E-state index contributed by atoms with van der Waals surface area (Å²) in [6.45, 7) is 7.19. The molecule has 0 aliphatic carbocycles. The number of alkyl halides is 1. The van der Waals surface area contributed by atoms with Crippen molar-refractivity contribution in [2.24, 2.45) is 10.7 Å². The van der Waals surface area contributed by atoms with Crippen LogP contribution in [-0.4, -0.2) is 48.8 Å². The van der Waals surface area contributed by atoms with Gasteiger partial charge in [-0.3, -0.25) is 0 Å². The van der Waals surface area contributed by atoms with E-state index in [1.54, 1.807) is 24.3 Å². The molecule has 0 aromatic heterocycles. The topological polar surface area (TPSA) is 67.9 Å². The van der Waals surface area contributed by atoms with Crippen molar-refractivity contribution in [3.05, 3.63) is 29.8 Å². The van der Waals surface area contributed by atoms with Crippen LogP contribution in [0.25, 0.3) is 0 Å². The first kappa shape index (κ1) is 17.5. The van der Waals surface area contributed by atoms with E-state index >= 15 is 0 Å². The van der Waals surface area contributed by atoms with Gasteiger partial charge in [-0.15, -0.1) is 11.6 Å². The van der Waals surface area contributed by atoms with Crippen LogP contribution in [0.5, 0.6) is 0 Å². The maximum absolute atomic E-state index is 11.9. The molecular formula is C15H22ClN3O2. The lowest BCUT2D eigenvalue weighted by Gasteiger charge is -2.17. The lowest BCUT2D eigenvalue weighted by atomic mass is 10.2. The van der Waals surface area contributed by atoms with Crippen LogP contribution in [-0.2, 0) is 4.74 Å². The monoisotopic (exact) mass is 311 g/mol. The normalized spacial score (nSPS) is 11.7. The highest BCUT2D eigenvalue weighted by molar-refractivity contribution is 6.28. The minimum Gasteiger partial charge on any atom is -0.461 e. The number of likely N-dealkylation sites (N-methyl/N-ethyl adjacent to an activating group) is 1. The van der Waals surface area contributed by atoms with Crippen LogP contribution in [0.4, 0.5) is 5.69 Å². The predicted octanol–water partition coefficient (Wildman–Crippen LogP) is 2.41. The number of esters is 1. The van der Waals surface area contributed by atoms with Gasteiger partial charge in [0.05, 0.1) is 17.1 Å². The van der Waals surface area contributed by atoms with Gasteiger partial charge in [0.25, 0.3) is 0 Å². The Kier molecular flexibility index (Phi) is 7.79. The fourth-order valence-corrected chi connectivity index (χ4v) is 1.82. The number of benzene rings is 1. The number of amidine groups is 1. The van der Waals surface area contributed by atoms with Gasteiger partial charge in [0.2, 0.25) is 0 Å². The third kappa shape index (κ3) is 6.14. The van der Waals surface area contributed by atoms with E-state index in [1.165, 1.54) is 0 Å². The summed E-state index contributed by atoms with van der Waals surface area (Å²) >= 11 is 5.56. The molecule has 0 heterocycles. The van der Waals surface area contributed by atoms with E-state index in [4.69, 9.17) is 22.1 Å². The van der Waals surface area contributed by atoms with Crippen LogP contribution in [0, 0.1) is 0 Å².